The van der Waals surface area contributed by atoms with E-state index < -0.39 is 0 Å². The van der Waals surface area contributed by atoms with Crippen molar-refractivity contribution in [3.63, 3.8) is 0 Å². The molecule has 0 aromatic heterocycles. The Morgan fingerprint density at radius 2 is 2.41 bits per heavy atom. The van der Waals surface area contributed by atoms with Crippen LogP contribution >= 0.6 is 11.6 Å². The van der Waals surface area contributed by atoms with E-state index in [9.17, 15) is 4.79 Å². The number of nitrogens with one attached hydrogen (secondary N) is 2. The van der Waals surface area contributed by atoms with Gasteiger partial charge >= 0.3 is 0 Å². The molecule has 0 amide bonds. The third kappa shape index (κ3) is 1.93. The van der Waals surface area contributed by atoms with E-state index in [1.165, 1.54) is 12.8 Å². The van der Waals surface area contributed by atoms with Gasteiger partial charge in [0.25, 0.3) is 0 Å². The topological polar surface area (TPSA) is 56.7 Å². The standard InChI is InChI=1S/C11H15ClN4O/c1-6-8(5-17)11-14-9(12)4-10(16(11)15-6)13-7-2-3-7/h4-5,7-9,11,13-14H,2-3H2,1H3. The smallest absolute Gasteiger partial charge is 0.132 e. The van der Waals surface area contributed by atoms with Crippen molar-refractivity contribution in [3.8, 4) is 0 Å². The zero-order valence-corrected chi connectivity index (χ0v) is 10.3. The first-order chi connectivity index (χ1) is 8.19. The molecule has 5 nitrogen and oxygen atoms in total. The summed E-state index contributed by atoms with van der Waals surface area (Å²) in [6.45, 7) is 1.87. The van der Waals surface area contributed by atoms with Crippen LogP contribution in [0.4, 0.5) is 0 Å². The van der Waals surface area contributed by atoms with Crippen LogP contribution in [0, 0.1) is 5.92 Å². The van der Waals surface area contributed by atoms with Gasteiger partial charge in [-0.2, -0.15) is 5.10 Å². The highest BCUT2D eigenvalue weighted by atomic mass is 35.5. The molecule has 3 atom stereocenters. The summed E-state index contributed by atoms with van der Waals surface area (Å²) >= 11 is 6.13. The normalized spacial score (nSPS) is 36.1. The van der Waals surface area contributed by atoms with Crippen LogP contribution in [0.3, 0.4) is 0 Å². The van der Waals surface area contributed by atoms with Crippen LogP contribution in [-0.2, 0) is 4.79 Å². The minimum atomic E-state index is -0.263. The first-order valence-corrected chi connectivity index (χ1v) is 6.31. The summed E-state index contributed by atoms with van der Waals surface area (Å²) in [5, 5.41) is 12.8. The summed E-state index contributed by atoms with van der Waals surface area (Å²) in [5.74, 6) is 0.695. The summed E-state index contributed by atoms with van der Waals surface area (Å²) in [7, 11) is 0. The quantitative estimate of drug-likeness (QED) is 0.440. The summed E-state index contributed by atoms with van der Waals surface area (Å²) in [6, 6.07) is 0.537. The summed E-state index contributed by atoms with van der Waals surface area (Å²) in [6.07, 6.45) is 5.06. The molecule has 1 fully saturated rings. The van der Waals surface area contributed by atoms with E-state index in [-0.39, 0.29) is 17.6 Å². The molecule has 0 aromatic rings. The van der Waals surface area contributed by atoms with E-state index in [1.807, 2.05) is 18.0 Å². The highest BCUT2D eigenvalue weighted by Gasteiger charge is 2.41. The first kappa shape index (κ1) is 11.0. The van der Waals surface area contributed by atoms with Crippen molar-refractivity contribution < 1.29 is 4.79 Å². The van der Waals surface area contributed by atoms with Crippen molar-refractivity contribution in [2.45, 2.75) is 37.5 Å². The highest BCUT2D eigenvalue weighted by molar-refractivity contribution is 6.21. The summed E-state index contributed by atoms with van der Waals surface area (Å²) in [5.41, 5.74) is 0.563. The molecule has 2 heterocycles. The molecule has 2 aliphatic heterocycles. The average molecular weight is 255 g/mol. The molecule has 1 aliphatic carbocycles. The fourth-order valence-electron chi connectivity index (χ4n) is 2.21. The molecule has 3 unspecified atom stereocenters. The van der Waals surface area contributed by atoms with Gasteiger partial charge in [0.05, 0.1) is 5.92 Å². The third-order valence-electron chi connectivity index (χ3n) is 3.31. The molecule has 0 saturated heterocycles. The Balaban J connectivity index is 1.85. The number of nitrogens with zero attached hydrogens (tertiary/aromatic N) is 2. The lowest BCUT2D eigenvalue weighted by Crippen LogP contribution is -2.53. The lowest BCUT2D eigenvalue weighted by molar-refractivity contribution is -0.110. The second-order valence-corrected chi connectivity index (χ2v) is 5.20. The highest BCUT2D eigenvalue weighted by Crippen LogP contribution is 2.29. The second kappa shape index (κ2) is 3.99. The van der Waals surface area contributed by atoms with Crippen LogP contribution in [0.25, 0.3) is 0 Å². The second-order valence-electron chi connectivity index (χ2n) is 4.73. The predicted octanol–water partition coefficient (Wildman–Crippen LogP) is 0.581. The molecule has 6 heteroatoms. The Kier molecular flexibility index (Phi) is 2.60. The maximum absolute atomic E-state index is 11.1. The molecule has 17 heavy (non-hydrogen) atoms. The first-order valence-electron chi connectivity index (χ1n) is 5.87. The fourth-order valence-corrected chi connectivity index (χ4v) is 2.46. The Hall–Kier alpha value is -1.07. The van der Waals surface area contributed by atoms with Gasteiger partial charge in [-0.1, -0.05) is 0 Å². The number of carbonyl (C=O) groups is 1. The van der Waals surface area contributed by atoms with E-state index in [2.05, 4.69) is 15.7 Å². The fraction of sp³-hybridized carbons (Fsp3) is 0.636. The van der Waals surface area contributed by atoms with Crippen molar-refractivity contribution in [2.24, 2.45) is 11.0 Å². The molecule has 0 aromatic carbocycles. The maximum atomic E-state index is 11.1. The Morgan fingerprint density at radius 3 is 3.06 bits per heavy atom. The number of hydrogen-bond donors (Lipinski definition) is 2. The van der Waals surface area contributed by atoms with Crippen LogP contribution in [0.5, 0.6) is 0 Å². The van der Waals surface area contributed by atoms with Gasteiger partial charge in [0, 0.05) is 11.8 Å². The van der Waals surface area contributed by atoms with Gasteiger partial charge in [0.15, 0.2) is 0 Å². The SMILES string of the molecule is CC1=NN2C(NC3CC3)=CC(Cl)NC2C1C=O. The van der Waals surface area contributed by atoms with Crippen LogP contribution in [-0.4, -0.2) is 34.7 Å². The number of halogens is 1. The molecule has 3 aliphatic rings. The molecule has 1 saturated carbocycles. The lowest BCUT2D eigenvalue weighted by Gasteiger charge is -2.34. The Morgan fingerprint density at radius 1 is 1.65 bits per heavy atom. The van der Waals surface area contributed by atoms with Gasteiger partial charge < -0.3 is 10.1 Å². The monoisotopic (exact) mass is 254 g/mol. The van der Waals surface area contributed by atoms with E-state index in [0.29, 0.717) is 6.04 Å². The molecule has 3 rings (SSSR count). The minimum Gasteiger partial charge on any atom is -0.368 e. The zero-order chi connectivity index (χ0) is 12.0. The number of hydrogen-bond acceptors (Lipinski definition) is 5. The number of carbonyl (C=O) groups excluding carboxylic acids is 1. The summed E-state index contributed by atoms with van der Waals surface area (Å²) in [4.78, 5) is 11.1. The predicted molar refractivity (Wildman–Crippen MR) is 65.3 cm³/mol. The largest absolute Gasteiger partial charge is 0.368 e. The van der Waals surface area contributed by atoms with Crippen molar-refractivity contribution in [1.29, 1.82) is 0 Å². The third-order valence-corrected chi connectivity index (χ3v) is 3.56. The van der Waals surface area contributed by atoms with E-state index in [0.717, 1.165) is 17.8 Å². The molecule has 0 radical (unpaired) electrons. The molecule has 2 N–H and O–H groups in total. The minimum absolute atomic E-state index is 0.152. The summed E-state index contributed by atoms with van der Waals surface area (Å²) < 4.78 is 0. The number of alkyl halides is 1. The van der Waals surface area contributed by atoms with Crippen molar-refractivity contribution in [1.82, 2.24) is 15.6 Å². The van der Waals surface area contributed by atoms with Gasteiger partial charge in [0.2, 0.25) is 0 Å². The van der Waals surface area contributed by atoms with Crippen LogP contribution in [0.15, 0.2) is 17.0 Å². The number of hydrazone groups is 1. The molecule has 92 valence electrons. The number of aldehydes is 1. The molecular formula is C11H15ClN4O. The van der Waals surface area contributed by atoms with E-state index in [1.54, 1.807) is 0 Å². The van der Waals surface area contributed by atoms with Gasteiger partial charge in [0.1, 0.15) is 23.8 Å². The van der Waals surface area contributed by atoms with Gasteiger partial charge in [-0.25, -0.2) is 5.01 Å². The average Bonchev–Trinajstić information content (AvgIpc) is 3.02. The van der Waals surface area contributed by atoms with Crippen LogP contribution in [0.2, 0.25) is 0 Å². The van der Waals surface area contributed by atoms with Gasteiger partial charge in [-0.3, -0.25) is 5.32 Å². The van der Waals surface area contributed by atoms with Crippen LogP contribution in [0.1, 0.15) is 19.8 Å². The lowest BCUT2D eigenvalue weighted by atomic mass is 10.0. The van der Waals surface area contributed by atoms with Gasteiger partial charge in [-0.15, -0.1) is 11.6 Å². The van der Waals surface area contributed by atoms with Crippen molar-refractivity contribution >= 4 is 23.6 Å². The number of fused-ring (bicyclic) bond motifs is 1. The van der Waals surface area contributed by atoms with Gasteiger partial charge in [-0.05, 0) is 25.8 Å². The molecule has 0 bridgehead atoms. The van der Waals surface area contributed by atoms with Crippen molar-refractivity contribution in [2.75, 3.05) is 0 Å². The molecular weight excluding hydrogens is 240 g/mol. The molecule has 0 spiro atoms. The van der Waals surface area contributed by atoms with Crippen LogP contribution < -0.4 is 10.6 Å². The number of rotatable bonds is 3. The Labute approximate surface area is 105 Å². The zero-order valence-electron chi connectivity index (χ0n) is 9.56. The van der Waals surface area contributed by atoms with Crippen molar-refractivity contribution in [3.05, 3.63) is 11.9 Å². The van der Waals surface area contributed by atoms with E-state index in [4.69, 9.17) is 11.6 Å². The Bertz CT molecular complexity index is 404. The maximum Gasteiger partial charge on any atom is 0.132 e. The van der Waals surface area contributed by atoms with E-state index >= 15 is 0 Å².